The van der Waals surface area contributed by atoms with Crippen LogP contribution in [0.15, 0.2) is 36.9 Å². The standard InChI is InChI=1S/C15H17FN4O2/c16-13-7-11(1-2-14(13)20-5-3-17-10-20)19-15(21)8-12-9-22-6-4-18-12/h1-3,5,7,10,12,18H,4,6,8-9H2,(H,19,21). The third-order valence-corrected chi connectivity index (χ3v) is 3.44. The van der Waals surface area contributed by atoms with Crippen LogP contribution in [0, 0.1) is 5.82 Å². The number of amides is 1. The first-order valence-corrected chi connectivity index (χ1v) is 7.11. The molecule has 22 heavy (non-hydrogen) atoms. The second kappa shape index (κ2) is 6.67. The fraction of sp³-hybridized carbons (Fsp3) is 0.333. The van der Waals surface area contributed by atoms with Gasteiger partial charge in [0.1, 0.15) is 5.82 Å². The topological polar surface area (TPSA) is 68.2 Å². The van der Waals surface area contributed by atoms with Crippen LogP contribution in [0.5, 0.6) is 0 Å². The van der Waals surface area contributed by atoms with Crippen molar-refractivity contribution in [1.29, 1.82) is 0 Å². The van der Waals surface area contributed by atoms with E-state index in [1.165, 1.54) is 12.4 Å². The molecule has 0 radical (unpaired) electrons. The van der Waals surface area contributed by atoms with Crippen molar-refractivity contribution in [3.05, 3.63) is 42.7 Å². The second-order valence-electron chi connectivity index (χ2n) is 5.11. The van der Waals surface area contributed by atoms with Crippen LogP contribution >= 0.6 is 0 Å². The van der Waals surface area contributed by atoms with Gasteiger partial charge in [-0.05, 0) is 18.2 Å². The largest absolute Gasteiger partial charge is 0.378 e. The number of ether oxygens (including phenoxy) is 1. The van der Waals surface area contributed by atoms with E-state index < -0.39 is 5.82 Å². The lowest BCUT2D eigenvalue weighted by Crippen LogP contribution is -2.43. The number of morpholine rings is 1. The maximum atomic E-state index is 14.1. The number of benzene rings is 1. The van der Waals surface area contributed by atoms with Crippen LogP contribution in [0.3, 0.4) is 0 Å². The van der Waals surface area contributed by atoms with Gasteiger partial charge < -0.3 is 19.9 Å². The molecular formula is C15H17FN4O2. The molecule has 1 saturated heterocycles. The Balaban J connectivity index is 1.63. The number of hydrogen-bond acceptors (Lipinski definition) is 4. The van der Waals surface area contributed by atoms with E-state index in [1.807, 2.05) is 0 Å². The summed E-state index contributed by atoms with van der Waals surface area (Å²) < 4.78 is 21.0. The van der Waals surface area contributed by atoms with E-state index in [4.69, 9.17) is 4.74 Å². The number of carbonyl (C=O) groups excluding carboxylic acids is 1. The third-order valence-electron chi connectivity index (χ3n) is 3.44. The highest BCUT2D eigenvalue weighted by Gasteiger charge is 2.17. The SMILES string of the molecule is O=C(CC1COCCN1)Nc1ccc(-n2ccnc2)c(F)c1. The van der Waals surface area contributed by atoms with Crippen LogP contribution in [0.4, 0.5) is 10.1 Å². The zero-order chi connectivity index (χ0) is 15.4. The highest BCUT2D eigenvalue weighted by molar-refractivity contribution is 5.91. The molecule has 1 aromatic carbocycles. The first kappa shape index (κ1) is 14.7. The molecule has 1 atom stereocenters. The van der Waals surface area contributed by atoms with Crippen LogP contribution in [-0.4, -0.2) is 41.3 Å². The Morgan fingerprint density at radius 1 is 1.55 bits per heavy atom. The second-order valence-corrected chi connectivity index (χ2v) is 5.11. The zero-order valence-electron chi connectivity index (χ0n) is 12.0. The summed E-state index contributed by atoms with van der Waals surface area (Å²) in [6.45, 7) is 1.92. The van der Waals surface area contributed by atoms with Gasteiger partial charge in [-0.3, -0.25) is 4.79 Å². The van der Waals surface area contributed by atoms with Crippen LogP contribution in [-0.2, 0) is 9.53 Å². The van der Waals surface area contributed by atoms with Crippen molar-refractivity contribution >= 4 is 11.6 Å². The summed E-state index contributed by atoms with van der Waals surface area (Å²) in [6.07, 6.45) is 5.05. The number of aromatic nitrogens is 2. The molecule has 3 rings (SSSR count). The van der Waals surface area contributed by atoms with Crippen LogP contribution in [0.2, 0.25) is 0 Å². The normalized spacial score (nSPS) is 18.1. The number of nitrogens with zero attached hydrogens (tertiary/aromatic N) is 2. The molecule has 1 unspecified atom stereocenters. The molecule has 0 aliphatic carbocycles. The number of imidazole rings is 1. The summed E-state index contributed by atoms with van der Waals surface area (Å²) in [5, 5.41) is 5.91. The monoisotopic (exact) mass is 304 g/mol. The van der Waals surface area contributed by atoms with Crippen molar-refractivity contribution in [1.82, 2.24) is 14.9 Å². The van der Waals surface area contributed by atoms with Crippen molar-refractivity contribution < 1.29 is 13.9 Å². The Hall–Kier alpha value is -2.25. The molecule has 2 heterocycles. The third kappa shape index (κ3) is 3.49. The predicted octanol–water partition coefficient (Wildman–Crippen LogP) is 1.33. The van der Waals surface area contributed by atoms with Gasteiger partial charge in [0, 0.05) is 37.1 Å². The number of hydrogen-bond donors (Lipinski definition) is 2. The van der Waals surface area contributed by atoms with Crippen molar-refractivity contribution in [2.75, 3.05) is 25.1 Å². The van der Waals surface area contributed by atoms with E-state index in [2.05, 4.69) is 15.6 Å². The zero-order valence-corrected chi connectivity index (χ0v) is 12.0. The Labute approximate surface area is 127 Å². The van der Waals surface area contributed by atoms with Crippen molar-refractivity contribution in [3.8, 4) is 5.69 Å². The average Bonchev–Trinajstić information content (AvgIpc) is 3.02. The van der Waals surface area contributed by atoms with Gasteiger partial charge >= 0.3 is 0 Å². The van der Waals surface area contributed by atoms with Crippen LogP contribution in [0.1, 0.15) is 6.42 Å². The van der Waals surface area contributed by atoms with Gasteiger partial charge in [-0.1, -0.05) is 0 Å². The van der Waals surface area contributed by atoms with E-state index in [-0.39, 0.29) is 11.9 Å². The smallest absolute Gasteiger partial charge is 0.226 e. The molecule has 1 fully saturated rings. The number of halogens is 1. The minimum atomic E-state index is -0.421. The summed E-state index contributed by atoms with van der Waals surface area (Å²) in [5.41, 5.74) is 0.820. The number of carbonyl (C=O) groups is 1. The average molecular weight is 304 g/mol. The molecule has 0 saturated carbocycles. The minimum absolute atomic E-state index is 0.00354. The molecule has 1 aliphatic rings. The summed E-state index contributed by atoms with van der Waals surface area (Å²) in [6, 6.07) is 4.58. The summed E-state index contributed by atoms with van der Waals surface area (Å²) in [7, 11) is 0. The molecule has 0 bridgehead atoms. The van der Waals surface area contributed by atoms with Gasteiger partial charge in [0.25, 0.3) is 0 Å². The molecule has 6 nitrogen and oxygen atoms in total. The first-order chi connectivity index (χ1) is 10.7. The van der Waals surface area contributed by atoms with Crippen molar-refractivity contribution in [2.45, 2.75) is 12.5 Å². The van der Waals surface area contributed by atoms with Crippen molar-refractivity contribution in [2.24, 2.45) is 0 Å². The van der Waals surface area contributed by atoms with Gasteiger partial charge in [0.15, 0.2) is 0 Å². The van der Waals surface area contributed by atoms with Gasteiger partial charge in [-0.2, -0.15) is 0 Å². The van der Waals surface area contributed by atoms with E-state index in [0.29, 0.717) is 31.0 Å². The lowest BCUT2D eigenvalue weighted by atomic mass is 10.2. The first-order valence-electron chi connectivity index (χ1n) is 7.11. The highest BCUT2D eigenvalue weighted by Crippen LogP contribution is 2.18. The molecule has 1 aliphatic heterocycles. The van der Waals surface area contributed by atoms with Gasteiger partial charge in [0.05, 0.1) is 25.2 Å². The molecule has 2 N–H and O–H groups in total. The Kier molecular flexibility index (Phi) is 4.45. The Morgan fingerprint density at radius 3 is 3.14 bits per heavy atom. The number of anilines is 1. The van der Waals surface area contributed by atoms with E-state index in [1.54, 1.807) is 29.1 Å². The molecule has 1 aromatic heterocycles. The Morgan fingerprint density at radius 2 is 2.45 bits per heavy atom. The lowest BCUT2D eigenvalue weighted by molar-refractivity contribution is -0.117. The summed E-state index contributed by atoms with van der Waals surface area (Å²) >= 11 is 0. The van der Waals surface area contributed by atoms with E-state index in [9.17, 15) is 9.18 Å². The summed E-state index contributed by atoms with van der Waals surface area (Å²) in [5.74, 6) is -0.590. The van der Waals surface area contributed by atoms with E-state index in [0.717, 1.165) is 6.54 Å². The van der Waals surface area contributed by atoms with E-state index >= 15 is 0 Å². The molecule has 0 spiro atoms. The van der Waals surface area contributed by atoms with Gasteiger partial charge in [-0.15, -0.1) is 0 Å². The molecule has 2 aromatic rings. The maximum Gasteiger partial charge on any atom is 0.226 e. The fourth-order valence-electron chi connectivity index (χ4n) is 2.38. The fourth-order valence-corrected chi connectivity index (χ4v) is 2.38. The number of nitrogens with one attached hydrogen (secondary N) is 2. The predicted molar refractivity (Wildman–Crippen MR) is 79.4 cm³/mol. The minimum Gasteiger partial charge on any atom is -0.378 e. The van der Waals surface area contributed by atoms with Crippen molar-refractivity contribution in [3.63, 3.8) is 0 Å². The molecule has 116 valence electrons. The lowest BCUT2D eigenvalue weighted by Gasteiger charge is -2.23. The van der Waals surface area contributed by atoms with Crippen LogP contribution < -0.4 is 10.6 Å². The van der Waals surface area contributed by atoms with Gasteiger partial charge in [0.2, 0.25) is 5.91 Å². The summed E-state index contributed by atoms with van der Waals surface area (Å²) in [4.78, 5) is 15.8. The molecule has 7 heteroatoms. The number of rotatable bonds is 4. The highest BCUT2D eigenvalue weighted by atomic mass is 19.1. The maximum absolute atomic E-state index is 14.1. The molecule has 1 amide bonds. The van der Waals surface area contributed by atoms with Crippen LogP contribution in [0.25, 0.3) is 5.69 Å². The Bertz CT molecular complexity index is 639. The van der Waals surface area contributed by atoms with Gasteiger partial charge in [-0.25, -0.2) is 9.37 Å². The quantitative estimate of drug-likeness (QED) is 0.894. The molecular weight excluding hydrogens is 287 g/mol.